The predicted octanol–water partition coefficient (Wildman–Crippen LogP) is -0.206. The minimum absolute atomic E-state index is 0.00996. The summed E-state index contributed by atoms with van der Waals surface area (Å²) in [5.41, 5.74) is 0. The summed E-state index contributed by atoms with van der Waals surface area (Å²) in [6.45, 7) is -0.00996. The molecule has 0 radical (unpaired) electrons. The lowest BCUT2D eigenvalue weighted by Crippen LogP contribution is -2.16. The molecular weight excluding hydrogens is 150 g/mol. The average Bonchev–Trinajstić information content (AvgIpc) is 2.31. The van der Waals surface area contributed by atoms with Crippen LogP contribution in [0, 0.1) is 0 Å². The Bertz CT molecular complexity index is 245. The highest BCUT2D eigenvalue weighted by atomic mass is 16.4. The fourth-order valence-electron chi connectivity index (χ4n) is 0.530. The quantitative estimate of drug-likeness (QED) is 0.560. The first-order valence-electron chi connectivity index (χ1n) is 2.81. The highest BCUT2D eigenvalue weighted by Gasteiger charge is 2.14. The molecule has 0 aliphatic carbocycles. The lowest BCUT2D eigenvalue weighted by atomic mass is 10.5. The van der Waals surface area contributed by atoms with Gasteiger partial charge in [0.05, 0.1) is 0 Å². The number of hydrogen-bond acceptors (Lipinski definition) is 4. The van der Waals surface area contributed by atoms with Crippen molar-refractivity contribution in [2.24, 2.45) is 10.3 Å². The van der Waals surface area contributed by atoms with Crippen molar-refractivity contribution in [2.75, 3.05) is 6.54 Å². The summed E-state index contributed by atoms with van der Waals surface area (Å²) in [5.74, 6) is -1.46. The van der Waals surface area contributed by atoms with Gasteiger partial charge >= 0.3 is 5.97 Å². The van der Waals surface area contributed by atoms with Gasteiger partial charge in [-0.15, -0.1) is 0 Å². The van der Waals surface area contributed by atoms with Gasteiger partial charge in [0.25, 0.3) is 5.91 Å². The normalized spacial score (nSPS) is 16.7. The first-order chi connectivity index (χ1) is 5.20. The Morgan fingerprint density at radius 2 is 2.45 bits per heavy atom. The summed E-state index contributed by atoms with van der Waals surface area (Å²) < 4.78 is 0. The average molecular weight is 155 g/mol. The van der Waals surface area contributed by atoms with E-state index in [9.17, 15) is 9.59 Å². The van der Waals surface area contributed by atoms with Crippen LogP contribution in [0.4, 0.5) is 0 Å². The summed E-state index contributed by atoms with van der Waals surface area (Å²) >= 11 is 0. The number of hydrogen-bond donors (Lipinski definition) is 1. The van der Waals surface area contributed by atoms with Gasteiger partial charge in [-0.2, -0.15) is 10.1 Å². The third-order valence-electron chi connectivity index (χ3n) is 0.979. The minimum Gasteiger partial charge on any atom is -0.478 e. The SMILES string of the molecule is O=C(O)/C=C/N1N=NCC1=O. The number of carboxylic acids is 1. The highest BCUT2D eigenvalue weighted by molar-refractivity contribution is 5.83. The molecule has 6 heteroatoms. The van der Waals surface area contributed by atoms with E-state index in [0.29, 0.717) is 0 Å². The first-order valence-corrected chi connectivity index (χ1v) is 2.81. The number of carbonyl (C=O) groups excluding carboxylic acids is 1. The van der Waals surface area contributed by atoms with Crippen molar-refractivity contribution in [1.82, 2.24) is 5.01 Å². The van der Waals surface area contributed by atoms with Crippen molar-refractivity contribution in [3.8, 4) is 0 Å². The van der Waals surface area contributed by atoms with Gasteiger partial charge in [-0.3, -0.25) is 4.79 Å². The van der Waals surface area contributed by atoms with E-state index in [0.717, 1.165) is 17.3 Å². The van der Waals surface area contributed by atoms with Crippen molar-refractivity contribution < 1.29 is 14.7 Å². The van der Waals surface area contributed by atoms with Crippen LogP contribution < -0.4 is 0 Å². The molecule has 0 aromatic rings. The van der Waals surface area contributed by atoms with Crippen LogP contribution in [0.25, 0.3) is 0 Å². The number of aliphatic carboxylic acids is 1. The Kier molecular flexibility index (Phi) is 1.95. The molecule has 0 spiro atoms. The maximum atomic E-state index is 10.7. The van der Waals surface area contributed by atoms with Crippen LogP contribution in [0.5, 0.6) is 0 Å². The van der Waals surface area contributed by atoms with Crippen LogP contribution in [-0.4, -0.2) is 28.5 Å². The van der Waals surface area contributed by atoms with Gasteiger partial charge in [0.2, 0.25) is 0 Å². The molecule has 1 amide bonds. The second-order valence-corrected chi connectivity index (χ2v) is 1.78. The maximum Gasteiger partial charge on any atom is 0.329 e. The largest absolute Gasteiger partial charge is 0.478 e. The zero-order chi connectivity index (χ0) is 8.27. The van der Waals surface area contributed by atoms with Gasteiger partial charge in [-0.1, -0.05) is 5.22 Å². The van der Waals surface area contributed by atoms with E-state index in [4.69, 9.17) is 5.11 Å². The van der Waals surface area contributed by atoms with E-state index >= 15 is 0 Å². The Labute approximate surface area is 61.8 Å². The molecule has 11 heavy (non-hydrogen) atoms. The molecule has 0 atom stereocenters. The van der Waals surface area contributed by atoms with Crippen LogP contribution in [0.15, 0.2) is 22.6 Å². The number of nitrogens with zero attached hydrogens (tertiary/aromatic N) is 3. The first kappa shape index (κ1) is 7.39. The van der Waals surface area contributed by atoms with Gasteiger partial charge in [0.1, 0.15) is 6.54 Å². The molecule has 1 rings (SSSR count). The molecule has 0 saturated carbocycles. The molecule has 0 fully saturated rings. The van der Waals surface area contributed by atoms with E-state index in [1.807, 2.05) is 0 Å². The summed E-state index contributed by atoms with van der Waals surface area (Å²) in [7, 11) is 0. The van der Waals surface area contributed by atoms with Crippen LogP contribution in [0.1, 0.15) is 0 Å². The van der Waals surface area contributed by atoms with E-state index in [1.54, 1.807) is 0 Å². The van der Waals surface area contributed by atoms with Crippen molar-refractivity contribution in [1.29, 1.82) is 0 Å². The topological polar surface area (TPSA) is 82.3 Å². The molecule has 1 N–H and O–H groups in total. The molecule has 58 valence electrons. The van der Waals surface area contributed by atoms with Gasteiger partial charge in [-0.05, 0) is 0 Å². The zero-order valence-electron chi connectivity index (χ0n) is 5.47. The third-order valence-corrected chi connectivity index (χ3v) is 0.979. The molecule has 0 saturated heterocycles. The lowest BCUT2D eigenvalue weighted by molar-refractivity contribution is -0.131. The van der Waals surface area contributed by atoms with Crippen molar-refractivity contribution in [2.45, 2.75) is 0 Å². The molecule has 0 unspecified atom stereocenters. The molecule has 0 aromatic heterocycles. The summed E-state index contributed by atoms with van der Waals surface area (Å²) in [6, 6.07) is 0. The van der Waals surface area contributed by atoms with Crippen LogP contribution in [0.2, 0.25) is 0 Å². The predicted molar refractivity (Wildman–Crippen MR) is 33.3 cm³/mol. The monoisotopic (exact) mass is 155 g/mol. The summed E-state index contributed by atoms with van der Waals surface area (Å²) in [4.78, 5) is 20.6. The van der Waals surface area contributed by atoms with Crippen LogP contribution >= 0.6 is 0 Å². The zero-order valence-corrected chi connectivity index (χ0v) is 5.47. The van der Waals surface area contributed by atoms with E-state index in [-0.39, 0.29) is 12.5 Å². The van der Waals surface area contributed by atoms with Crippen molar-refractivity contribution in [3.63, 3.8) is 0 Å². The molecular formula is C5H5N3O3. The molecule has 1 aliphatic rings. The Morgan fingerprint density at radius 3 is 2.91 bits per heavy atom. The van der Waals surface area contributed by atoms with Gasteiger partial charge in [0, 0.05) is 12.3 Å². The third kappa shape index (κ3) is 1.85. The Balaban J connectivity index is 2.55. The maximum absolute atomic E-state index is 10.7. The number of amides is 1. The second-order valence-electron chi connectivity index (χ2n) is 1.78. The molecule has 0 bridgehead atoms. The van der Waals surface area contributed by atoms with E-state index in [2.05, 4.69) is 10.3 Å². The number of rotatable bonds is 2. The number of carboxylic acid groups (broad SMARTS) is 1. The Morgan fingerprint density at radius 1 is 1.73 bits per heavy atom. The van der Waals surface area contributed by atoms with Gasteiger partial charge in [0.15, 0.2) is 0 Å². The minimum atomic E-state index is -1.13. The standard InChI is InChI=1S/C5H5N3O3/c9-4-3-6-7-8(4)2-1-5(10)11/h1-2H,3H2,(H,10,11)/b2-1+. The van der Waals surface area contributed by atoms with E-state index in [1.165, 1.54) is 0 Å². The molecule has 0 aromatic carbocycles. The van der Waals surface area contributed by atoms with Crippen molar-refractivity contribution in [3.05, 3.63) is 12.3 Å². The number of carbonyl (C=O) groups is 2. The van der Waals surface area contributed by atoms with Crippen LogP contribution in [0.3, 0.4) is 0 Å². The van der Waals surface area contributed by atoms with Gasteiger partial charge in [-0.25, -0.2) is 4.79 Å². The summed E-state index contributed by atoms with van der Waals surface area (Å²) in [6.07, 6.45) is 1.88. The van der Waals surface area contributed by atoms with Gasteiger partial charge < -0.3 is 5.11 Å². The fraction of sp³-hybridized carbons (Fsp3) is 0.200. The molecule has 6 nitrogen and oxygen atoms in total. The lowest BCUT2D eigenvalue weighted by Gasteiger charge is -1.99. The summed E-state index contributed by atoms with van der Waals surface area (Å²) in [5, 5.41) is 15.8. The molecule has 1 aliphatic heterocycles. The van der Waals surface area contributed by atoms with Crippen molar-refractivity contribution >= 4 is 11.9 Å². The second kappa shape index (κ2) is 2.91. The van der Waals surface area contributed by atoms with Crippen LogP contribution in [-0.2, 0) is 9.59 Å². The fourth-order valence-corrected chi connectivity index (χ4v) is 0.530. The smallest absolute Gasteiger partial charge is 0.329 e. The molecule has 1 heterocycles. The Hall–Kier alpha value is -1.72. The van der Waals surface area contributed by atoms with E-state index < -0.39 is 5.97 Å². The highest BCUT2D eigenvalue weighted by Crippen LogP contribution is 2.01.